The molecule has 0 amide bonds. The number of halogens is 4. The van der Waals surface area contributed by atoms with Crippen LogP contribution in [0.2, 0.25) is 0 Å². The largest absolute Gasteiger partial charge is 0.459 e. The Bertz CT molecular complexity index is 835. The highest BCUT2D eigenvalue weighted by Crippen LogP contribution is 2.42. The van der Waals surface area contributed by atoms with E-state index in [1.165, 1.54) is 0 Å². The molecular formula is C18H14Br4O4. The minimum Gasteiger partial charge on any atom is -0.459 e. The Balaban J connectivity index is 2.44. The van der Waals surface area contributed by atoms with E-state index in [2.05, 4.69) is 63.7 Å². The lowest BCUT2D eigenvalue weighted by Gasteiger charge is -2.17. The summed E-state index contributed by atoms with van der Waals surface area (Å²) in [7, 11) is 0. The maximum atomic E-state index is 12.7. The van der Waals surface area contributed by atoms with Crippen molar-refractivity contribution in [3.63, 3.8) is 0 Å². The second-order valence-electron chi connectivity index (χ2n) is 5.52. The van der Waals surface area contributed by atoms with Crippen LogP contribution in [0.15, 0.2) is 48.2 Å². The highest BCUT2D eigenvalue weighted by atomic mass is 79.9. The molecule has 0 saturated heterocycles. The molecule has 0 N–H and O–H groups in total. The second-order valence-corrected chi connectivity index (χ2v) is 8.69. The SMILES string of the molecule is CC(C)OC(=O)c1c(Br)c(Br)c(Br)c(Br)c1C(=O)OCc1ccccc1. The fourth-order valence-corrected chi connectivity index (χ4v) is 4.53. The highest BCUT2D eigenvalue weighted by molar-refractivity contribution is 9.15. The monoisotopic (exact) mass is 610 g/mol. The number of benzene rings is 2. The van der Waals surface area contributed by atoms with Crippen LogP contribution in [0.1, 0.15) is 40.1 Å². The van der Waals surface area contributed by atoms with Crippen molar-refractivity contribution in [2.45, 2.75) is 26.6 Å². The van der Waals surface area contributed by atoms with Gasteiger partial charge in [0.1, 0.15) is 6.61 Å². The first-order valence-corrected chi connectivity index (χ1v) is 10.7. The Labute approximate surface area is 185 Å². The van der Waals surface area contributed by atoms with Gasteiger partial charge in [0.15, 0.2) is 0 Å². The van der Waals surface area contributed by atoms with Gasteiger partial charge in [0.05, 0.1) is 17.2 Å². The van der Waals surface area contributed by atoms with E-state index in [0.717, 1.165) is 5.56 Å². The summed E-state index contributed by atoms with van der Waals surface area (Å²) >= 11 is 13.5. The smallest absolute Gasteiger partial charge is 0.340 e. The van der Waals surface area contributed by atoms with Gasteiger partial charge >= 0.3 is 11.9 Å². The van der Waals surface area contributed by atoms with Crippen LogP contribution in [0.3, 0.4) is 0 Å². The Morgan fingerprint density at radius 1 is 0.846 bits per heavy atom. The molecule has 2 aromatic carbocycles. The molecule has 0 bridgehead atoms. The number of ether oxygens (including phenoxy) is 2. The minimum atomic E-state index is -0.634. The van der Waals surface area contributed by atoms with E-state index in [1.54, 1.807) is 13.8 Å². The van der Waals surface area contributed by atoms with Gasteiger partial charge < -0.3 is 9.47 Å². The standard InChI is InChI=1S/C18H14Br4O4/c1-9(2)26-18(24)12-11(13(19)15(21)16(22)14(12)20)17(23)25-8-10-6-4-3-5-7-10/h3-7,9H,8H2,1-2H3. The van der Waals surface area contributed by atoms with E-state index in [-0.39, 0.29) is 23.8 Å². The molecule has 4 nitrogen and oxygen atoms in total. The lowest BCUT2D eigenvalue weighted by atomic mass is 10.1. The van der Waals surface area contributed by atoms with Crippen molar-refractivity contribution in [1.82, 2.24) is 0 Å². The number of hydrogen-bond acceptors (Lipinski definition) is 4. The Hall–Kier alpha value is -0.700. The molecule has 0 aliphatic carbocycles. The molecule has 26 heavy (non-hydrogen) atoms. The minimum absolute atomic E-state index is 0.0912. The number of esters is 2. The van der Waals surface area contributed by atoms with Crippen molar-refractivity contribution in [3.05, 3.63) is 64.9 Å². The summed E-state index contributed by atoms with van der Waals surface area (Å²) in [4.78, 5) is 25.3. The first kappa shape index (κ1) is 21.6. The van der Waals surface area contributed by atoms with Gasteiger partial charge in [-0.1, -0.05) is 30.3 Å². The molecule has 0 unspecified atom stereocenters. The average Bonchev–Trinajstić information content (AvgIpc) is 2.60. The van der Waals surface area contributed by atoms with Crippen LogP contribution in [0.4, 0.5) is 0 Å². The fraction of sp³-hybridized carbons (Fsp3) is 0.222. The van der Waals surface area contributed by atoms with E-state index < -0.39 is 11.9 Å². The van der Waals surface area contributed by atoms with Crippen molar-refractivity contribution in [3.8, 4) is 0 Å². The van der Waals surface area contributed by atoms with Gasteiger partial charge in [-0.05, 0) is 83.1 Å². The molecular weight excluding hydrogens is 600 g/mol. The van der Waals surface area contributed by atoms with Gasteiger partial charge in [-0.25, -0.2) is 9.59 Å². The number of rotatable bonds is 5. The zero-order chi connectivity index (χ0) is 19.4. The third-order valence-corrected chi connectivity index (χ3v) is 8.00. The van der Waals surface area contributed by atoms with Crippen LogP contribution in [-0.2, 0) is 16.1 Å². The zero-order valence-electron chi connectivity index (χ0n) is 13.8. The van der Waals surface area contributed by atoms with Crippen molar-refractivity contribution in [2.75, 3.05) is 0 Å². The van der Waals surface area contributed by atoms with E-state index in [4.69, 9.17) is 9.47 Å². The van der Waals surface area contributed by atoms with Crippen LogP contribution < -0.4 is 0 Å². The van der Waals surface area contributed by atoms with Crippen LogP contribution in [0, 0.1) is 0 Å². The van der Waals surface area contributed by atoms with Crippen LogP contribution in [0.25, 0.3) is 0 Å². The lowest BCUT2D eigenvalue weighted by Crippen LogP contribution is -2.19. The predicted molar refractivity (Wildman–Crippen MR) is 113 cm³/mol. The molecule has 0 heterocycles. The summed E-state index contributed by atoms with van der Waals surface area (Å²) < 4.78 is 12.7. The van der Waals surface area contributed by atoms with Crippen molar-refractivity contribution in [1.29, 1.82) is 0 Å². The van der Waals surface area contributed by atoms with Crippen LogP contribution >= 0.6 is 63.7 Å². The Morgan fingerprint density at radius 2 is 1.35 bits per heavy atom. The molecule has 0 aliphatic heterocycles. The molecule has 0 radical (unpaired) electrons. The molecule has 0 aromatic heterocycles. The molecule has 8 heteroatoms. The molecule has 0 spiro atoms. The molecule has 0 fully saturated rings. The van der Waals surface area contributed by atoms with Gasteiger partial charge in [-0.15, -0.1) is 0 Å². The maximum Gasteiger partial charge on any atom is 0.340 e. The van der Waals surface area contributed by atoms with Crippen molar-refractivity contribution < 1.29 is 19.1 Å². The zero-order valence-corrected chi connectivity index (χ0v) is 20.2. The van der Waals surface area contributed by atoms with E-state index in [1.807, 2.05) is 30.3 Å². The molecule has 138 valence electrons. The molecule has 2 aromatic rings. The van der Waals surface area contributed by atoms with E-state index in [9.17, 15) is 9.59 Å². The quantitative estimate of drug-likeness (QED) is 0.215. The van der Waals surface area contributed by atoms with Crippen LogP contribution in [-0.4, -0.2) is 18.0 Å². The average molecular weight is 614 g/mol. The molecule has 0 saturated carbocycles. The molecule has 0 atom stereocenters. The number of carbonyl (C=O) groups is 2. The first-order valence-electron chi connectivity index (χ1n) is 7.52. The molecule has 0 aliphatic rings. The summed E-state index contributed by atoms with van der Waals surface area (Å²) in [6, 6.07) is 9.30. The van der Waals surface area contributed by atoms with Gasteiger partial charge in [0.25, 0.3) is 0 Å². The Morgan fingerprint density at radius 3 is 1.85 bits per heavy atom. The van der Waals surface area contributed by atoms with Crippen LogP contribution in [0.5, 0.6) is 0 Å². The van der Waals surface area contributed by atoms with Crippen molar-refractivity contribution >= 4 is 75.7 Å². The third kappa shape index (κ3) is 4.97. The van der Waals surface area contributed by atoms with Gasteiger partial charge in [-0.2, -0.15) is 0 Å². The topological polar surface area (TPSA) is 52.6 Å². The number of carbonyl (C=O) groups excluding carboxylic acids is 2. The molecule has 2 rings (SSSR count). The van der Waals surface area contributed by atoms with Gasteiger partial charge in [0, 0.05) is 17.9 Å². The highest BCUT2D eigenvalue weighted by Gasteiger charge is 2.30. The predicted octanol–water partition coefficient (Wildman–Crippen LogP) is 6.66. The normalized spacial score (nSPS) is 10.7. The summed E-state index contributed by atoms with van der Waals surface area (Å²) in [5.41, 5.74) is 1.03. The summed E-state index contributed by atoms with van der Waals surface area (Å²) in [6.07, 6.45) is -0.330. The van der Waals surface area contributed by atoms with Crippen molar-refractivity contribution in [2.24, 2.45) is 0 Å². The number of hydrogen-bond donors (Lipinski definition) is 0. The summed E-state index contributed by atoms with van der Waals surface area (Å²) in [5.74, 6) is -1.25. The third-order valence-electron chi connectivity index (χ3n) is 3.23. The Kier molecular flexibility index (Phi) is 7.88. The van der Waals surface area contributed by atoms with Gasteiger partial charge in [-0.3, -0.25) is 0 Å². The van der Waals surface area contributed by atoms with E-state index >= 15 is 0 Å². The summed E-state index contributed by atoms with van der Waals surface area (Å²) in [6.45, 7) is 3.57. The second kappa shape index (κ2) is 9.48. The lowest BCUT2D eigenvalue weighted by molar-refractivity contribution is 0.0355. The fourth-order valence-electron chi connectivity index (χ4n) is 2.08. The van der Waals surface area contributed by atoms with Gasteiger partial charge in [0.2, 0.25) is 0 Å². The first-order chi connectivity index (χ1) is 12.2. The van der Waals surface area contributed by atoms with E-state index in [0.29, 0.717) is 17.9 Å². The maximum absolute atomic E-state index is 12.7. The summed E-state index contributed by atoms with van der Waals surface area (Å²) in [5, 5.41) is 0.